The minimum absolute atomic E-state index is 0.146. The van der Waals surface area contributed by atoms with Crippen LogP contribution in [0.2, 0.25) is 0 Å². The number of nitrogens with two attached hydrogens (primary N) is 1. The number of aliphatic hydroxyl groups is 2. The lowest BCUT2D eigenvalue weighted by molar-refractivity contribution is 0.00971. The van der Waals surface area contributed by atoms with Crippen LogP contribution < -0.4 is 5.73 Å². The van der Waals surface area contributed by atoms with Crippen LogP contribution in [0.4, 0.5) is 0 Å². The van der Waals surface area contributed by atoms with E-state index in [-0.39, 0.29) is 19.1 Å². The molecule has 0 aromatic heterocycles. The summed E-state index contributed by atoms with van der Waals surface area (Å²) in [5, 5.41) is 18.1. The lowest BCUT2D eigenvalue weighted by Gasteiger charge is -2.15. The molecule has 4 atom stereocenters. The summed E-state index contributed by atoms with van der Waals surface area (Å²) in [5.41, 5.74) is 5.35. The fourth-order valence-electron chi connectivity index (χ4n) is 1.32. The molecule has 11 heavy (non-hydrogen) atoms. The molecule has 1 aliphatic rings. The third-order valence-corrected chi connectivity index (χ3v) is 2.04. The Morgan fingerprint density at radius 1 is 1.55 bits per heavy atom. The normalized spacial score (nSPS) is 44.7. The van der Waals surface area contributed by atoms with Crippen LogP contribution >= 0.6 is 0 Å². The van der Waals surface area contributed by atoms with Gasteiger partial charge < -0.3 is 20.7 Å². The average molecular weight is 159 g/mol. The van der Waals surface area contributed by atoms with E-state index in [0.29, 0.717) is 0 Å². The Morgan fingerprint density at radius 2 is 2.18 bits per heavy atom. The molecule has 0 amide bonds. The summed E-state index contributed by atoms with van der Waals surface area (Å²) in [4.78, 5) is 0. The van der Waals surface area contributed by atoms with Crippen molar-refractivity contribution in [1.29, 1.82) is 0 Å². The van der Waals surface area contributed by atoms with Crippen molar-refractivity contribution in [2.75, 3.05) is 13.2 Å². The molecule has 0 aromatic carbocycles. The van der Waals surface area contributed by atoms with E-state index in [1.165, 1.54) is 0 Å². The molecule has 4 N–H and O–H groups in total. The molecule has 1 aliphatic heterocycles. The zero-order chi connectivity index (χ0) is 8.43. The molecular weight excluding hydrogens is 146 g/mol. The van der Waals surface area contributed by atoms with Crippen LogP contribution in [0, 0.1) is 12.8 Å². The van der Waals surface area contributed by atoms with Crippen molar-refractivity contribution in [1.82, 2.24) is 0 Å². The number of hydrogen-bond acceptors (Lipinski definition) is 4. The average Bonchev–Trinajstić information content (AvgIpc) is 2.28. The molecule has 0 aliphatic carbocycles. The van der Waals surface area contributed by atoms with Crippen LogP contribution in [0.1, 0.15) is 0 Å². The minimum atomic E-state index is -0.753. The first-order valence-corrected chi connectivity index (χ1v) is 3.60. The summed E-state index contributed by atoms with van der Waals surface area (Å²) >= 11 is 0. The van der Waals surface area contributed by atoms with Gasteiger partial charge in [0.2, 0.25) is 0 Å². The maximum Gasteiger partial charge on any atom is 0.0878 e. The zero-order valence-corrected chi connectivity index (χ0v) is 6.18. The molecule has 0 saturated carbocycles. The van der Waals surface area contributed by atoms with Crippen LogP contribution in [0.5, 0.6) is 0 Å². The van der Waals surface area contributed by atoms with Gasteiger partial charge in [0.1, 0.15) is 0 Å². The van der Waals surface area contributed by atoms with Gasteiger partial charge in [-0.2, -0.15) is 0 Å². The highest BCUT2D eigenvalue weighted by molar-refractivity contribution is 4.91. The Hall–Kier alpha value is -0.160. The van der Waals surface area contributed by atoms with Crippen LogP contribution in [-0.2, 0) is 4.74 Å². The Bertz CT molecular complexity index is 131. The minimum Gasteiger partial charge on any atom is -0.394 e. The standard InChI is InChI=1S/C7H13NO3/c1-4-7(10)5(2-8)6(3-9)11-4/h1,4-7,9-10H,2-3,8H2/t4-,5-,6+,7?/m0/s1. The first kappa shape index (κ1) is 8.93. The number of hydrogen-bond donors (Lipinski definition) is 3. The first-order valence-electron chi connectivity index (χ1n) is 3.60. The fourth-order valence-corrected chi connectivity index (χ4v) is 1.32. The highest BCUT2D eigenvalue weighted by Gasteiger charge is 2.39. The molecule has 1 saturated heterocycles. The van der Waals surface area contributed by atoms with E-state index >= 15 is 0 Å². The van der Waals surface area contributed by atoms with Gasteiger partial charge in [-0.15, -0.1) is 0 Å². The molecule has 0 bridgehead atoms. The summed E-state index contributed by atoms with van der Waals surface area (Å²) in [7, 11) is 0. The first-order chi connectivity index (χ1) is 5.20. The predicted octanol–water partition coefficient (Wildman–Crippen LogP) is -1.61. The van der Waals surface area contributed by atoms with E-state index in [1.54, 1.807) is 0 Å². The molecule has 2 radical (unpaired) electrons. The number of aliphatic hydroxyl groups excluding tert-OH is 2. The summed E-state index contributed by atoms with van der Waals surface area (Å²) in [6.07, 6.45) is -1.87. The van der Waals surface area contributed by atoms with Crippen LogP contribution in [0.15, 0.2) is 0 Å². The van der Waals surface area contributed by atoms with E-state index in [0.717, 1.165) is 0 Å². The molecule has 1 heterocycles. The van der Waals surface area contributed by atoms with E-state index in [9.17, 15) is 5.11 Å². The fraction of sp³-hybridized carbons (Fsp3) is 0.857. The van der Waals surface area contributed by atoms with E-state index < -0.39 is 18.3 Å². The molecular formula is C7H13NO3. The van der Waals surface area contributed by atoms with Crippen molar-refractivity contribution in [3.63, 3.8) is 0 Å². The van der Waals surface area contributed by atoms with Gasteiger partial charge in [-0.1, -0.05) is 0 Å². The topological polar surface area (TPSA) is 75.7 Å². The third kappa shape index (κ3) is 1.54. The summed E-state index contributed by atoms with van der Waals surface area (Å²) in [6.45, 7) is 5.50. The van der Waals surface area contributed by atoms with Gasteiger partial charge in [-0.3, -0.25) is 0 Å². The Kier molecular flexibility index (Phi) is 2.84. The monoisotopic (exact) mass is 159 g/mol. The molecule has 1 fully saturated rings. The van der Waals surface area contributed by atoms with Crippen molar-refractivity contribution in [2.45, 2.75) is 18.3 Å². The Morgan fingerprint density at radius 3 is 2.55 bits per heavy atom. The maximum absolute atomic E-state index is 9.32. The van der Waals surface area contributed by atoms with Gasteiger partial charge in [0.15, 0.2) is 0 Å². The SMILES string of the molecule is [CH][C@@H]1O[C@H](CO)[C@H](CN)C1O. The second-order valence-corrected chi connectivity index (χ2v) is 2.71. The predicted molar refractivity (Wildman–Crippen MR) is 38.6 cm³/mol. The second kappa shape index (κ2) is 3.49. The lowest BCUT2D eigenvalue weighted by Crippen LogP contribution is -2.34. The van der Waals surface area contributed by atoms with Gasteiger partial charge >= 0.3 is 0 Å². The van der Waals surface area contributed by atoms with Crippen LogP contribution in [-0.4, -0.2) is 41.7 Å². The van der Waals surface area contributed by atoms with E-state index in [2.05, 4.69) is 0 Å². The molecule has 4 heteroatoms. The van der Waals surface area contributed by atoms with Crippen molar-refractivity contribution in [3.8, 4) is 0 Å². The van der Waals surface area contributed by atoms with E-state index in [1.807, 2.05) is 0 Å². The van der Waals surface area contributed by atoms with Crippen LogP contribution in [0.3, 0.4) is 0 Å². The molecule has 0 spiro atoms. The molecule has 64 valence electrons. The Labute approximate surface area is 66.0 Å². The smallest absolute Gasteiger partial charge is 0.0878 e. The molecule has 1 rings (SSSR count). The van der Waals surface area contributed by atoms with Gasteiger partial charge in [0.05, 0.1) is 24.9 Å². The highest BCUT2D eigenvalue weighted by atomic mass is 16.5. The van der Waals surface area contributed by atoms with Crippen molar-refractivity contribution < 1.29 is 14.9 Å². The quantitative estimate of drug-likeness (QED) is 0.453. The summed E-state index contributed by atoms with van der Waals surface area (Å²) < 4.78 is 5.02. The van der Waals surface area contributed by atoms with Crippen molar-refractivity contribution in [2.24, 2.45) is 11.7 Å². The summed E-state index contributed by atoms with van der Waals surface area (Å²) in [5.74, 6) is -0.241. The highest BCUT2D eigenvalue weighted by Crippen LogP contribution is 2.25. The van der Waals surface area contributed by atoms with Gasteiger partial charge in [-0.25, -0.2) is 0 Å². The van der Waals surface area contributed by atoms with Crippen molar-refractivity contribution >= 4 is 0 Å². The van der Waals surface area contributed by atoms with Gasteiger partial charge in [0.25, 0.3) is 0 Å². The summed E-state index contributed by atoms with van der Waals surface area (Å²) in [6, 6.07) is 0. The Balaban J connectivity index is 2.57. The lowest BCUT2D eigenvalue weighted by atomic mass is 9.97. The maximum atomic E-state index is 9.32. The van der Waals surface area contributed by atoms with Crippen LogP contribution in [0.25, 0.3) is 0 Å². The van der Waals surface area contributed by atoms with Gasteiger partial charge in [-0.05, 0) is 6.92 Å². The molecule has 1 unspecified atom stereocenters. The van der Waals surface area contributed by atoms with E-state index in [4.69, 9.17) is 22.5 Å². The second-order valence-electron chi connectivity index (χ2n) is 2.71. The third-order valence-electron chi connectivity index (χ3n) is 2.04. The molecule has 0 aromatic rings. The number of ether oxygens (including phenoxy) is 1. The molecule has 4 nitrogen and oxygen atoms in total. The van der Waals surface area contributed by atoms with Gasteiger partial charge in [0, 0.05) is 12.5 Å². The van der Waals surface area contributed by atoms with Crippen molar-refractivity contribution in [3.05, 3.63) is 6.92 Å². The number of rotatable bonds is 2. The largest absolute Gasteiger partial charge is 0.394 e. The zero-order valence-electron chi connectivity index (χ0n) is 6.18.